The van der Waals surface area contributed by atoms with Gasteiger partial charge in [0.15, 0.2) is 0 Å². The third kappa shape index (κ3) is 2.80. The van der Waals surface area contributed by atoms with Gasteiger partial charge in [-0.3, -0.25) is 4.79 Å². The van der Waals surface area contributed by atoms with Crippen molar-refractivity contribution in [2.24, 2.45) is 0 Å². The van der Waals surface area contributed by atoms with Crippen molar-refractivity contribution in [3.8, 4) is 16.2 Å². The number of nitrogens with zero attached hydrogens (tertiary/aromatic N) is 1. The fraction of sp³-hybridized carbons (Fsp3) is 0.312. The second-order valence-electron chi connectivity index (χ2n) is 5.07. The average molecular weight is 303 g/mol. The fourth-order valence-electron chi connectivity index (χ4n) is 2.49. The van der Waals surface area contributed by atoms with Crippen LogP contribution in [0.25, 0.3) is 10.4 Å². The topological polar surface area (TPSA) is 49.8 Å². The molecule has 3 rings (SSSR count). The summed E-state index contributed by atoms with van der Waals surface area (Å²) in [6.45, 7) is 1.00. The summed E-state index contributed by atoms with van der Waals surface area (Å²) in [7, 11) is 1.58. The lowest BCUT2D eigenvalue weighted by Crippen LogP contribution is -2.29. The number of β-amino-alcohol motifs (C(OH)–C–C–N with tert-alkyl or cyclic N) is 1. The van der Waals surface area contributed by atoms with Gasteiger partial charge in [0.25, 0.3) is 5.91 Å². The summed E-state index contributed by atoms with van der Waals surface area (Å²) >= 11 is 1.44. The molecule has 21 heavy (non-hydrogen) atoms. The first-order chi connectivity index (χ1) is 10.2. The van der Waals surface area contributed by atoms with E-state index in [2.05, 4.69) is 0 Å². The fourth-order valence-corrected chi connectivity index (χ4v) is 3.59. The molecule has 0 spiro atoms. The van der Waals surface area contributed by atoms with Gasteiger partial charge in [0, 0.05) is 18.0 Å². The van der Waals surface area contributed by atoms with Crippen LogP contribution < -0.4 is 4.74 Å². The van der Waals surface area contributed by atoms with Gasteiger partial charge in [0.2, 0.25) is 0 Å². The predicted molar refractivity (Wildman–Crippen MR) is 82.8 cm³/mol. The Hall–Kier alpha value is -1.85. The monoisotopic (exact) mass is 303 g/mol. The molecule has 5 heteroatoms. The van der Waals surface area contributed by atoms with Crippen molar-refractivity contribution in [1.29, 1.82) is 0 Å². The minimum atomic E-state index is -0.409. The van der Waals surface area contributed by atoms with Gasteiger partial charge in [0.05, 0.1) is 13.2 Å². The van der Waals surface area contributed by atoms with Crippen molar-refractivity contribution in [3.05, 3.63) is 41.3 Å². The Bertz CT molecular complexity index is 638. The summed E-state index contributed by atoms with van der Waals surface area (Å²) in [5.74, 6) is 0.542. The van der Waals surface area contributed by atoms with Crippen molar-refractivity contribution < 1.29 is 14.6 Å². The van der Waals surface area contributed by atoms with E-state index in [0.29, 0.717) is 30.1 Å². The number of aliphatic hydroxyl groups is 1. The molecule has 2 aromatic rings. The lowest BCUT2D eigenvalue weighted by molar-refractivity contribution is 0.0766. The van der Waals surface area contributed by atoms with E-state index in [1.165, 1.54) is 11.3 Å². The summed E-state index contributed by atoms with van der Waals surface area (Å²) < 4.78 is 5.36. The molecule has 1 amide bonds. The van der Waals surface area contributed by atoms with Crippen molar-refractivity contribution in [2.75, 3.05) is 20.2 Å². The number of benzene rings is 1. The summed E-state index contributed by atoms with van der Waals surface area (Å²) in [5, 5.41) is 9.58. The van der Waals surface area contributed by atoms with Gasteiger partial charge in [-0.15, -0.1) is 11.3 Å². The van der Waals surface area contributed by atoms with Crippen LogP contribution in [0.4, 0.5) is 0 Å². The molecule has 1 atom stereocenters. The van der Waals surface area contributed by atoms with Crippen LogP contribution in [0.3, 0.4) is 0 Å². The maximum Gasteiger partial charge on any atom is 0.267 e. The van der Waals surface area contributed by atoms with Crippen LogP contribution in [-0.2, 0) is 0 Å². The van der Waals surface area contributed by atoms with Crippen LogP contribution in [0, 0.1) is 0 Å². The van der Waals surface area contributed by atoms with Crippen LogP contribution >= 0.6 is 11.3 Å². The molecule has 1 N–H and O–H groups in total. The smallest absolute Gasteiger partial charge is 0.267 e. The van der Waals surface area contributed by atoms with E-state index >= 15 is 0 Å². The van der Waals surface area contributed by atoms with Crippen molar-refractivity contribution in [3.63, 3.8) is 0 Å². The third-order valence-corrected chi connectivity index (χ3v) is 4.77. The standard InChI is InChI=1S/C16H17NO3S/c1-20-13-9-14(11-5-3-2-4-6-11)21-15(13)16(19)17-8-7-12(18)10-17/h2-6,9,12,18H,7-8,10H2,1H3/t12-/m1/s1. The highest BCUT2D eigenvalue weighted by molar-refractivity contribution is 7.17. The van der Waals surface area contributed by atoms with Crippen molar-refractivity contribution in [1.82, 2.24) is 4.90 Å². The molecule has 0 radical (unpaired) electrons. The number of carbonyl (C=O) groups excluding carboxylic acids is 1. The number of amides is 1. The number of aliphatic hydroxyl groups excluding tert-OH is 1. The second-order valence-corrected chi connectivity index (χ2v) is 6.12. The number of rotatable bonds is 3. The van der Waals surface area contributed by atoms with E-state index in [0.717, 1.165) is 10.4 Å². The van der Waals surface area contributed by atoms with Crippen LogP contribution in [0.2, 0.25) is 0 Å². The normalized spacial score (nSPS) is 18.0. The van der Waals surface area contributed by atoms with Gasteiger partial charge in [-0.05, 0) is 18.1 Å². The maximum atomic E-state index is 12.6. The Morgan fingerprint density at radius 1 is 1.38 bits per heavy atom. The third-order valence-electron chi connectivity index (χ3n) is 3.62. The van der Waals surface area contributed by atoms with Crippen molar-refractivity contribution in [2.45, 2.75) is 12.5 Å². The Morgan fingerprint density at radius 3 is 2.76 bits per heavy atom. The van der Waals surface area contributed by atoms with Gasteiger partial charge < -0.3 is 14.7 Å². The molecule has 1 aromatic heterocycles. The molecule has 1 aromatic carbocycles. The molecule has 4 nitrogen and oxygen atoms in total. The summed E-state index contributed by atoms with van der Waals surface area (Å²) in [5.41, 5.74) is 1.07. The van der Waals surface area contributed by atoms with E-state index in [4.69, 9.17) is 4.74 Å². The number of ether oxygens (including phenoxy) is 1. The van der Waals surface area contributed by atoms with E-state index in [1.54, 1.807) is 12.0 Å². The minimum absolute atomic E-state index is 0.0596. The minimum Gasteiger partial charge on any atom is -0.495 e. The first-order valence-electron chi connectivity index (χ1n) is 6.89. The van der Waals surface area contributed by atoms with Crippen LogP contribution in [-0.4, -0.2) is 42.2 Å². The van der Waals surface area contributed by atoms with Gasteiger partial charge >= 0.3 is 0 Å². The molecule has 1 saturated heterocycles. The van der Waals surface area contributed by atoms with E-state index in [1.807, 2.05) is 36.4 Å². The molecule has 1 aliphatic rings. The largest absolute Gasteiger partial charge is 0.495 e. The Kier molecular flexibility index (Phi) is 3.94. The lowest BCUT2D eigenvalue weighted by atomic mass is 10.2. The summed E-state index contributed by atoms with van der Waals surface area (Å²) in [6, 6.07) is 11.8. The number of hydrogen-bond donors (Lipinski definition) is 1. The highest BCUT2D eigenvalue weighted by atomic mass is 32.1. The molecular formula is C16H17NO3S. The number of carbonyl (C=O) groups is 1. The number of thiophene rings is 1. The zero-order chi connectivity index (χ0) is 14.8. The van der Waals surface area contributed by atoms with Gasteiger partial charge in [-0.25, -0.2) is 0 Å². The summed E-state index contributed by atoms with van der Waals surface area (Å²) in [6.07, 6.45) is 0.235. The molecule has 1 fully saturated rings. The maximum absolute atomic E-state index is 12.6. The molecular weight excluding hydrogens is 286 g/mol. The number of methoxy groups -OCH3 is 1. The highest BCUT2D eigenvalue weighted by Crippen LogP contribution is 2.37. The predicted octanol–water partition coefficient (Wildman–Crippen LogP) is 2.63. The Labute approximate surface area is 127 Å². The quantitative estimate of drug-likeness (QED) is 0.948. The molecule has 110 valence electrons. The van der Waals surface area contributed by atoms with E-state index in [9.17, 15) is 9.90 Å². The molecule has 1 aliphatic heterocycles. The molecule has 0 bridgehead atoms. The zero-order valence-electron chi connectivity index (χ0n) is 11.8. The SMILES string of the molecule is COc1cc(-c2ccccc2)sc1C(=O)N1CC[C@@H](O)C1. The second kappa shape index (κ2) is 5.87. The van der Waals surface area contributed by atoms with E-state index < -0.39 is 6.10 Å². The highest BCUT2D eigenvalue weighted by Gasteiger charge is 2.28. The van der Waals surface area contributed by atoms with Crippen LogP contribution in [0.1, 0.15) is 16.1 Å². The zero-order valence-corrected chi connectivity index (χ0v) is 12.6. The molecule has 0 saturated carbocycles. The van der Waals surface area contributed by atoms with Crippen LogP contribution in [0.15, 0.2) is 36.4 Å². The average Bonchev–Trinajstić information content (AvgIpc) is 3.13. The van der Waals surface area contributed by atoms with Gasteiger partial charge in [0.1, 0.15) is 10.6 Å². The van der Waals surface area contributed by atoms with Crippen molar-refractivity contribution >= 4 is 17.2 Å². The Balaban J connectivity index is 1.91. The lowest BCUT2D eigenvalue weighted by Gasteiger charge is -2.14. The van der Waals surface area contributed by atoms with Gasteiger partial charge in [-0.2, -0.15) is 0 Å². The van der Waals surface area contributed by atoms with E-state index in [-0.39, 0.29) is 5.91 Å². The molecule has 0 aliphatic carbocycles. The van der Waals surface area contributed by atoms with Gasteiger partial charge in [-0.1, -0.05) is 30.3 Å². The number of hydrogen-bond acceptors (Lipinski definition) is 4. The molecule has 2 heterocycles. The number of likely N-dealkylation sites (tertiary alicyclic amines) is 1. The molecule has 0 unspecified atom stereocenters. The first kappa shape index (κ1) is 14.1. The summed E-state index contributed by atoms with van der Waals surface area (Å²) in [4.78, 5) is 15.9. The first-order valence-corrected chi connectivity index (χ1v) is 7.71. The van der Waals surface area contributed by atoms with Crippen LogP contribution in [0.5, 0.6) is 5.75 Å². The Morgan fingerprint density at radius 2 is 2.14 bits per heavy atom.